The number of nitrogens with one attached hydrogen (secondary N) is 2. The molecule has 1 heterocycles. The van der Waals surface area contributed by atoms with Gasteiger partial charge < -0.3 is 10.6 Å². The lowest BCUT2D eigenvalue weighted by molar-refractivity contribution is 0.521. The average molecular weight is 230 g/mol. The van der Waals surface area contributed by atoms with Gasteiger partial charge in [-0.25, -0.2) is 0 Å². The van der Waals surface area contributed by atoms with Crippen LogP contribution in [0, 0.1) is 0 Å². The Hall–Kier alpha value is 0.270. The van der Waals surface area contributed by atoms with E-state index in [4.69, 9.17) is 0 Å². The third-order valence-electron chi connectivity index (χ3n) is 2.93. The van der Waals surface area contributed by atoms with E-state index in [-0.39, 0.29) is 0 Å². The van der Waals surface area contributed by atoms with Gasteiger partial charge in [-0.05, 0) is 58.0 Å². The molecule has 90 valence electrons. The molecule has 15 heavy (non-hydrogen) atoms. The Labute approximate surface area is 99.0 Å². The Kier molecular flexibility index (Phi) is 6.69. The molecule has 1 atom stereocenters. The van der Waals surface area contributed by atoms with Crippen molar-refractivity contribution in [2.75, 3.05) is 31.9 Å². The van der Waals surface area contributed by atoms with Gasteiger partial charge in [-0.15, -0.1) is 0 Å². The first-order chi connectivity index (χ1) is 7.27. The molecule has 0 saturated carbocycles. The lowest BCUT2D eigenvalue weighted by Gasteiger charge is -2.22. The Morgan fingerprint density at radius 3 is 2.67 bits per heavy atom. The molecule has 1 rings (SSSR count). The zero-order valence-corrected chi connectivity index (χ0v) is 11.1. The second-order valence-corrected chi connectivity index (χ2v) is 6.36. The van der Waals surface area contributed by atoms with Crippen LogP contribution >= 0.6 is 11.8 Å². The van der Waals surface area contributed by atoms with Crippen LogP contribution in [0.15, 0.2) is 0 Å². The van der Waals surface area contributed by atoms with Gasteiger partial charge in [0.05, 0.1) is 0 Å². The van der Waals surface area contributed by atoms with Crippen molar-refractivity contribution in [3.8, 4) is 0 Å². The molecule has 1 aliphatic heterocycles. The van der Waals surface area contributed by atoms with Crippen molar-refractivity contribution in [1.29, 1.82) is 0 Å². The molecule has 1 aliphatic rings. The molecule has 0 spiro atoms. The molecule has 0 amide bonds. The Balaban J connectivity index is 1.88. The molecule has 0 aromatic rings. The third kappa shape index (κ3) is 5.79. The first-order valence-electron chi connectivity index (χ1n) is 6.32. The molecule has 0 aromatic heterocycles. The topological polar surface area (TPSA) is 24.1 Å². The van der Waals surface area contributed by atoms with Crippen molar-refractivity contribution in [3.63, 3.8) is 0 Å². The summed E-state index contributed by atoms with van der Waals surface area (Å²) in [5.41, 5.74) is 0. The van der Waals surface area contributed by atoms with Gasteiger partial charge in [-0.2, -0.15) is 11.8 Å². The fourth-order valence-electron chi connectivity index (χ4n) is 1.97. The highest BCUT2D eigenvalue weighted by atomic mass is 32.2. The largest absolute Gasteiger partial charge is 0.317 e. The van der Waals surface area contributed by atoms with Crippen LogP contribution in [0.3, 0.4) is 0 Å². The Bertz CT molecular complexity index is 156. The van der Waals surface area contributed by atoms with E-state index in [9.17, 15) is 0 Å². The summed E-state index contributed by atoms with van der Waals surface area (Å²) in [6.45, 7) is 9.27. The number of rotatable bonds is 8. The van der Waals surface area contributed by atoms with Crippen molar-refractivity contribution >= 4 is 11.8 Å². The van der Waals surface area contributed by atoms with Gasteiger partial charge in [0.25, 0.3) is 0 Å². The van der Waals surface area contributed by atoms with E-state index >= 15 is 0 Å². The summed E-state index contributed by atoms with van der Waals surface area (Å²) in [5, 5.41) is 7.01. The van der Waals surface area contributed by atoms with Gasteiger partial charge in [0.1, 0.15) is 0 Å². The van der Waals surface area contributed by atoms with Crippen LogP contribution in [0.4, 0.5) is 0 Å². The number of thioether (sulfide) groups is 1. The molecule has 2 N–H and O–H groups in total. The maximum Gasteiger partial charge on any atom is 0.0256 e. The predicted molar refractivity (Wildman–Crippen MR) is 70.7 cm³/mol. The summed E-state index contributed by atoms with van der Waals surface area (Å²) in [5.74, 6) is 1.36. The van der Waals surface area contributed by atoms with Crippen LogP contribution < -0.4 is 10.6 Å². The molecule has 2 nitrogen and oxygen atoms in total. The number of hydrogen-bond donors (Lipinski definition) is 2. The predicted octanol–water partition coefficient (Wildman–Crippen LogP) is 2.25. The van der Waals surface area contributed by atoms with E-state index in [2.05, 4.69) is 36.2 Å². The van der Waals surface area contributed by atoms with Gasteiger partial charge in [0.15, 0.2) is 0 Å². The van der Waals surface area contributed by atoms with E-state index in [0.717, 1.165) is 19.6 Å². The maximum absolute atomic E-state index is 3.58. The highest BCUT2D eigenvalue weighted by Gasteiger charge is 2.28. The molecule has 0 radical (unpaired) electrons. The molecule has 1 unspecified atom stereocenters. The van der Waals surface area contributed by atoms with Crippen LogP contribution in [0.2, 0.25) is 0 Å². The lowest BCUT2D eigenvalue weighted by Crippen LogP contribution is -2.34. The number of hydrogen-bond acceptors (Lipinski definition) is 3. The zero-order chi connectivity index (χ0) is 11.0. The lowest BCUT2D eigenvalue weighted by atomic mass is 10.1. The van der Waals surface area contributed by atoms with Crippen LogP contribution in [0.25, 0.3) is 0 Å². The molecular formula is C12H26N2S. The summed E-state index contributed by atoms with van der Waals surface area (Å²) < 4.78 is 0.525. The molecule has 3 heteroatoms. The fourth-order valence-corrected chi connectivity index (χ4v) is 3.24. The van der Waals surface area contributed by atoms with Crippen molar-refractivity contribution in [1.82, 2.24) is 10.6 Å². The molecule has 1 fully saturated rings. The minimum atomic E-state index is 0.525. The first kappa shape index (κ1) is 13.3. The average Bonchev–Trinajstić information content (AvgIpc) is 2.64. The van der Waals surface area contributed by atoms with E-state index in [0.29, 0.717) is 4.75 Å². The maximum atomic E-state index is 3.58. The zero-order valence-electron chi connectivity index (χ0n) is 10.3. The normalized spacial score (nSPS) is 26.0. The summed E-state index contributed by atoms with van der Waals surface area (Å²) in [4.78, 5) is 0. The van der Waals surface area contributed by atoms with Crippen molar-refractivity contribution in [3.05, 3.63) is 0 Å². The van der Waals surface area contributed by atoms with Crippen molar-refractivity contribution < 1.29 is 0 Å². The van der Waals surface area contributed by atoms with E-state index in [1.807, 2.05) is 0 Å². The minimum absolute atomic E-state index is 0.525. The van der Waals surface area contributed by atoms with E-state index in [1.54, 1.807) is 0 Å². The van der Waals surface area contributed by atoms with Gasteiger partial charge in [-0.3, -0.25) is 0 Å². The van der Waals surface area contributed by atoms with E-state index < -0.39 is 0 Å². The van der Waals surface area contributed by atoms with Crippen LogP contribution in [0.5, 0.6) is 0 Å². The molecule has 1 saturated heterocycles. The second-order valence-electron chi connectivity index (χ2n) is 4.68. The molecule has 0 aliphatic carbocycles. The van der Waals surface area contributed by atoms with Gasteiger partial charge in [0.2, 0.25) is 0 Å². The first-order valence-corrected chi connectivity index (χ1v) is 7.31. The molecule has 0 bridgehead atoms. The van der Waals surface area contributed by atoms with Crippen molar-refractivity contribution in [2.45, 2.75) is 44.3 Å². The minimum Gasteiger partial charge on any atom is -0.317 e. The summed E-state index contributed by atoms with van der Waals surface area (Å²) in [6, 6.07) is 0. The second kappa shape index (κ2) is 7.53. The quantitative estimate of drug-likeness (QED) is 0.626. The van der Waals surface area contributed by atoms with Gasteiger partial charge >= 0.3 is 0 Å². The van der Waals surface area contributed by atoms with Crippen LogP contribution in [0.1, 0.15) is 39.5 Å². The monoisotopic (exact) mass is 230 g/mol. The highest BCUT2D eigenvalue weighted by Crippen LogP contribution is 2.36. The summed E-state index contributed by atoms with van der Waals surface area (Å²) in [7, 11) is 0. The van der Waals surface area contributed by atoms with Gasteiger partial charge in [0, 0.05) is 11.3 Å². The fraction of sp³-hybridized carbons (Fsp3) is 1.00. The summed E-state index contributed by atoms with van der Waals surface area (Å²) in [6.07, 6.45) is 5.28. The van der Waals surface area contributed by atoms with Gasteiger partial charge in [-0.1, -0.05) is 6.92 Å². The Morgan fingerprint density at radius 2 is 2.00 bits per heavy atom. The van der Waals surface area contributed by atoms with Crippen molar-refractivity contribution in [2.24, 2.45) is 0 Å². The highest BCUT2D eigenvalue weighted by molar-refractivity contribution is 8.00. The molecule has 0 aromatic carbocycles. The Morgan fingerprint density at radius 1 is 1.20 bits per heavy atom. The summed E-state index contributed by atoms with van der Waals surface area (Å²) >= 11 is 2.14. The standard InChI is InChI=1S/C12H26N2S/c1-3-7-13-8-5-9-14-11-12(2)6-4-10-15-12/h13-14H,3-11H2,1-2H3. The smallest absolute Gasteiger partial charge is 0.0256 e. The third-order valence-corrected chi connectivity index (χ3v) is 4.47. The van der Waals surface area contributed by atoms with Crippen LogP contribution in [-0.4, -0.2) is 36.7 Å². The van der Waals surface area contributed by atoms with Crippen LogP contribution in [-0.2, 0) is 0 Å². The SMILES string of the molecule is CCCNCCCNCC1(C)CCCS1. The molecular weight excluding hydrogens is 204 g/mol. The van der Waals surface area contributed by atoms with E-state index in [1.165, 1.54) is 38.0 Å².